The Balaban J connectivity index is -0.000000180. The Morgan fingerprint density at radius 1 is 1.43 bits per heavy atom. The molecule has 0 aliphatic carbocycles. The number of furan rings is 1. The van der Waals surface area contributed by atoms with E-state index in [2.05, 4.69) is 4.42 Å². The number of carboxylic acids is 1. The van der Waals surface area contributed by atoms with Crippen LogP contribution in [0.2, 0.25) is 0 Å². The van der Waals surface area contributed by atoms with Gasteiger partial charge in [-0.25, -0.2) is 4.79 Å². The molecule has 0 fully saturated rings. The largest absolute Gasteiger partial charge is 1.00 e. The Labute approximate surface area is 147 Å². The van der Waals surface area contributed by atoms with Crippen molar-refractivity contribution in [3.05, 3.63) is 17.9 Å². The van der Waals surface area contributed by atoms with Gasteiger partial charge in [-0.1, -0.05) is 0 Å². The first kappa shape index (κ1) is 17.7. The van der Waals surface area contributed by atoms with Crippen molar-refractivity contribution in [2.45, 2.75) is 5.09 Å². The summed E-state index contributed by atoms with van der Waals surface area (Å²) in [4.78, 5) is 10.2. The maximum Gasteiger partial charge on any atom is 1.00 e. The molecule has 9 heteroatoms. The zero-order chi connectivity index (χ0) is 9.35. The van der Waals surface area contributed by atoms with Crippen molar-refractivity contribution >= 4 is 16.1 Å². The van der Waals surface area contributed by atoms with Crippen LogP contribution in [0.25, 0.3) is 0 Å². The third-order valence-corrected chi connectivity index (χ3v) is 1.77. The molecule has 0 bridgehead atoms. The zero-order valence-electron chi connectivity index (χ0n) is 9.59. The molecule has 1 aromatic rings. The van der Waals surface area contributed by atoms with E-state index in [1.807, 2.05) is 0 Å². The van der Waals surface area contributed by atoms with E-state index in [-0.39, 0.29) is 83.8 Å². The fraction of sp³-hybridized carbons (Fsp3) is 0. The average molecular weight is 256 g/mol. The van der Waals surface area contributed by atoms with E-state index in [1.54, 1.807) is 0 Å². The molecule has 0 aliphatic heterocycles. The van der Waals surface area contributed by atoms with Crippen LogP contribution >= 0.6 is 0 Å². The van der Waals surface area contributed by atoms with Crippen LogP contribution in [0.5, 0.6) is 0 Å². The van der Waals surface area contributed by atoms with Crippen molar-refractivity contribution in [3.63, 3.8) is 0 Å². The Bertz CT molecular complexity index is 418. The van der Waals surface area contributed by atoms with Gasteiger partial charge in [-0.3, -0.25) is 4.55 Å². The Hall–Kier alpha value is 1.30. The molecule has 0 saturated carbocycles. The van der Waals surface area contributed by atoms with Gasteiger partial charge in [-0.05, 0) is 12.1 Å². The van der Waals surface area contributed by atoms with E-state index < -0.39 is 26.9 Å². The second-order valence-electron chi connectivity index (χ2n) is 1.90. The molecule has 70 valence electrons. The fourth-order valence-corrected chi connectivity index (χ4v) is 1.01. The Morgan fingerprint density at radius 3 is 2.14 bits per heavy atom. The van der Waals surface area contributed by atoms with Crippen molar-refractivity contribution in [1.82, 2.24) is 0 Å². The predicted octanol–water partition coefficient (Wildman–Crippen LogP) is -5.54. The molecule has 0 aliphatic rings. The van der Waals surface area contributed by atoms with E-state index in [0.717, 1.165) is 12.1 Å². The summed E-state index contributed by atoms with van der Waals surface area (Å²) in [5.41, 5.74) is 0. The third-order valence-electron chi connectivity index (χ3n) is 1.05. The number of hydrogen-bond donors (Lipinski definition) is 2. The molecule has 14 heavy (non-hydrogen) atoms. The van der Waals surface area contributed by atoms with Crippen LogP contribution < -0.4 is 80.9 Å². The van der Waals surface area contributed by atoms with Gasteiger partial charge in [0.2, 0.25) is 10.9 Å². The first-order valence-electron chi connectivity index (χ1n) is 2.72. The van der Waals surface area contributed by atoms with Crippen molar-refractivity contribution in [2.75, 3.05) is 0 Å². The number of hydrogen-bond acceptors (Lipinski definition) is 4. The molecule has 0 radical (unpaired) electrons. The van der Waals surface area contributed by atoms with Gasteiger partial charge in [0.25, 0.3) is 0 Å². The van der Waals surface area contributed by atoms with Gasteiger partial charge >= 0.3 is 97.0 Å². The van der Waals surface area contributed by atoms with E-state index in [9.17, 15) is 13.2 Å². The summed E-state index contributed by atoms with van der Waals surface area (Å²) in [6.07, 6.45) is 0. The Morgan fingerprint density at radius 2 is 1.93 bits per heavy atom. The zero-order valence-corrected chi connectivity index (χ0v) is 13.5. The van der Waals surface area contributed by atoms with Crippen LogP contribution in [-0.4, -0.2) is 24.0 Å². The number of aromatic carboxylic acids is 1. The molecule has 0 saturated heterocycles. The van der Waals surface area contributed by atoms with E-state index in [0.29, 0.717) is 0 Å². The standard InChI is InChI=1S/C5H4O6S.K.Na.2H/c6-5(7)3-1-2-4(11-3)12(8,9)10;;;;/h1-2H,(H,6,7)(H,8,9,10);;;;/q;2*+1;2*-1. The molecular weight excluding hydrogens is 250 g/mol. The summed E-state index contributed by atoms with van der Waals surface area (Å²) < 4.78 is 33.3. The molecule has 0 spiro atoms. The molecule has 1 heterocycles. The second-order valence-corrected chi connectivity index (χ2v) is 3.25. The fourth-order valence-electron chi connectivity index (χ4n) is 0.574. The number of carbonyl (C=O) groups is 1. The van der Waals surface area contributed by atoms with E-state index in [1.165, 1.54) is 0 Å². The van der Waals surface area contributed by atoms with Gasteiger partial charge in [0.1, 0.15) is 0 Å². The summed E-state index contributed by atoms with van der Waals surface area (Å²) in [7, 11) is -4.45. The van der Waals surface area contributed by atoms with Crippen LogP contribution in [0.3, 0.4) is 0 Å². The van der Waals surface area contributed by atoms with Crippen molar-refractivity contribution in [2.24, 2.45) is 0 Å². The van der Waals surface area contributed by atoms with Crippen molar-refractivity contribution in [1.29, 1.82) is 0 Å². The van der Waals surface area contributed by atoms with E-state index >= 15 is 0 Å². The normalized spacial score (nSPS) is 9.79. The monoisotopic (exact) mass is 256 g/mol. The first-order valence-corrected chi connectivity index (χ1v) is 4.16. The average Bonchev–Trinajstić information content (AvgIpc) is 2.30. The van der Waals surface area contributed by atoms with Crippen LogP contribution in [0.15, 0.2) is 21.6 Å². The molecule has 1 rings (SSSR count). The van der Waals surface area contributed by atoms with Crippen LogP contribution in [0.4, 0.5) is 0 Å². The predicted molar refractivity (Wildman–Crippen MR) is 37.7 cm³/mol. The van der Waals surface area contributed by atoms with Crippen molar-refractivity contribution < 1.29 is 111 Å². The molecular formula is C5H6KNaO6S. The molecule has 2 N–H and O–H groups in total. The van der Waals surface area contributed by atoms with Gasteiger partial charge in [0.15, 0.2) is 0 Å². The smallest absolute Gasteiger partial charge is 1.00 e. The maximum absolute atomic E-state index is 10.3. The summed E-state index contributed by atoms with van der Waals surface area (Å²) in [6.45, 7) is 0. The third kappa shape index (κ3) is 4.88. The molecule has 0 unspecified atom stereocenters. The molecule has 0 amide bonds. The van der Waals surface area contributed by atoms with Gasteiger partial charge in [-0.15, -0.1) is 0 Å². The summed E-state index contributed by atoms with van der Waals surface area (Å²) in [5.74, 6) is -1.94. The second kappa shape index (κ2) is 6.79. The molecule has 0 aromatic carbocycles. The quantitative estimate of drug-likeness (QED) is 0.404. The molecule has 1 aromatic heterocycles. The Kier molecular flexibility index (Phi) is 8.57. The number of carboxylic acid groups (broad SMARTS) is 1. The van der Waals surface area contributed by atoms with Gasteiger partial charge < -0.3 is 12.4 Å². The minimum Gasteiger partial charge on any atom is -1.00 e. The van der Waals surface area contributed by atoms with Gasteiger partial charge in [0.05, 0.1) is 0 Å². The van der Waals surface area contributed by atoms with Crippen LogP contribution in [0, 0.1) is 0 Å². The van der Waals surface area contributed by atoms with Crippen LogP contribution in [-0.2, 0) is 10.1 Å². The van der Waals surface area contributed by atoms with Crippen molar-refractivity contribution in [3.8, 4) is 0 Å². The van der Waals surface area contributed by atoms with Gasteiger partial charge in [-0.2, -0.15) is 8.42 Å². The summed E-state index contributed by atoms with van der Waals surface area (Å²) in [6, 6.07) is 1.80. The summed E-state index contributed by atoms with van der Waals surface area (Å²) >= 11 is 0. The SMILES string of the molecule is O=C(O)c1ccc(S(=O)(=O)O)o1.[H-].[H-].[K+].[Na+]. The van der Waals surface area contributed by atoms with E-state index in [4.69, 9.17) is 9.66 Å². The number of rotatable bonds is 2. The molecule has 6 nitrogen and oxygen atoms in total. The van der Waals surface area contributed by atoms with Crippen LogP contribution in [0.1, 0.15) is 13.4 Å². The first-order chi connectivity index (χ1) is 5.41. The maximum atomic E-state index is 10.3. The van der Waals surface area contributed by atoms with Gasteiger partial charge in [0, 0.05) is 0 Å². The minimum atomic E-state index is -4.45. The summed E-state index contributed by atoms with van der Waals surface area (Å²) in [5, 5.41) is 7.52. The molecule has 0 atom stereocenters. The topological polar surface area (TPSA) is 105 Å². The minimum absolute atomic E-state index is 0.